The Hall–Kier alpha value is -0.980. The number of allylic oxidation sites excluding steroid dienone is 4. The van der Waals surface area contributed by atoms with Crippen molar-refractivity contribution < 1.29 is 25.2 Å². The van der Waals surface area contributed by atoms with Gasteiger partial charge in [0.05, 0.1) is 11.7 Å². The molecule has 0 radical (unpaired) electrons. The maximum absolute atomic E-state index is 10.8. The molecule has 0 spiro atoms. The van der Waals surface area contributed by atoms with Gasteiger partial charge in [0, 0.05) is 19.6 Å². The van der Waals surface area contributed by atoms with E-state index in [0.29, 0.717) is 42.6 Å². The predicted octanol–water partition coefficient (Wildman–Crippen LogP) is 5.08. The first-order valence-electron chi connectivity index (χ1n) is 13.9. The number of aliphatic hydroxyl groups excluding tert-OH is 3. The number of hydrogen-bond acceptors (Lipinski definition) is 5. The van der Waals surface area contributed by atoms with Crippen molar-refractivity contribution in [2.75, 3.05) is 13.2 Å². The third kappa shape index (κ3) is 6.87. The van der Waals surface area contributed by atoms with Crippen LogP contribution in [0.5, 0.6) is 0 Å². The maximum atomic E-state index is 10.8. The second-order valence-corrected chi connectivity index (χ2v) is 12.3. The number of ether oxygens (including phenoxy) is 1. The second-order valence-electron chi connectivity index (χ2n) is 12.3. The van der Waals surface area contributed by atoms with Crippen LogP contribution in [0.15, 0.2) is 34.9 Å². The van der Waals surface area contributed by atoms with Gasteiger partial charge in [-0.15, -0.1) is 0 Å². The Bertz CT molecular complexity index is 791. The van der Waals surface area contributed by atoms with Gasteiger partial charge in [0.2, 0.25) is 0 Å². The summed E-state index contributed by atoms with van der Waals surface area (Å²) in [4.78, 5) is 0. The Kier molecular flexibility index (Phi) is 9.84. The van der Waals surface area contributed by atoms with E-state index in [-0.39, 0.29) is 6.61 Å². The summed E-state index contributed by atoms with van der Waals surface area (Å²) in [6.45, 7) is 11.0. The molecule has 1 unspecified atom stereocenters. The molecule has 35 heavy (non-hydrogen) atoms. The van der Waals surface area contributed by atoms with Crippen molar-refractivity contribution in [3.63, 3.8) is 0 Å². The van der Waals surface area contributed by atoms with Crippen LogP contribution in [0, 0.1) is 23.2 Å². The summed E-state index contributed by atoms with van der Waals surface area (Å²) in [5, 5.41) is 40.4. The topological polar surface area (TPSA) is 90.2 Å². The highest BCUT2D eigenvalue weighted by molar-refractivity contribution is 5.38. The number of fused-ring (bicyclic) bond motifs is 1. The molecule has 200 valence electrons. The van der Waals surface area contributed by atoms with Gasteiger partial charge in [-0.3, -0.25) is 0 Å². The molecule has 3 rings (SSSR count). The van der Waals surface area contributed by atoms with E-state index in [4.69, 9.17) is 9.84 Å². The van der Waals surface area contributed by atoms with Crippen LogP contribution < -0.4 is 0 Å². The van der Waals surface area contributed by atoms with E-state index in [1.165, 1.54) is 31.3 Å². The molecule has 0 amide bonds. The molecule has 0 aromatic heterocycles. The summed E-state index contributed by atoms with van der Waals surface area (Å²) < 4.78 is 5.67. The molecule has 0 aromatic carbocycles. The van der Waals surface area contributed by atoms with Gasteiger partial charge < -0.3 is 25.2 Å². The van der Waals surface area contributed by atoms with Crippen LogP contribution in [-0.2, 0) is 4.74 Å². The first kappa shape index (κ1) is 28.6. The van der Waals surface area contributed by atoms with E-state index in [0.717, 1.165) is 30.4 Å². The van der Waals surface area contributed by atoms with Crippen LogP contribution >= 0.6 is 0 Å². The van der Waals surface area contributed by atoms with E-state index < -0.39 is 23.9 Å². The molecule has 3 aliphatic rings. The fourth-order valence-electron chi connectivity index (χ4n) is 7.07. The third-order valence-electron chi connectivity index (χ3n) is 9.17. The molecule has 1 saturated carbocycles. The average molecular weight is 491 g/mol. The lowest BCUT2D eigenvalue weighted by Gasteiger charge is -2.43. The molecule has 0 bridgehead atoms. The fraction of sp³-hybridized carbons (Fsp3) is 0.800. The summed E-state index contributed by atoms with van der Waals surface area (Å²) in [5.41, 5.74) is 3.00. The minimum atomic E-state index is -0.830. The van der Waals surface area contributed by atoms with Crippen molar-refractivity contribution in [1.29, 1.82) is 0 Å². The highest BCUT2D eigenvalue weighted by atomic mass is 16.5. The standard InChI is InChI=1S/C30H50O5/c1-20(9-6-15-29(3,4)34)24-13-14-25-22(10-7-16-30(24,25)5)11-12-23-19-26(32)28(27(33)21(23)2)35-18-8-17-31/h10-12,20,24-28,31-34H,6-9,13-19H2,1-5H3/b12-11-/t20-,24-,25?,26-,27-,28-,30-/m1/s1. The minimum absolute atomic E-state index is 0.0391. The smallest absolute Gasteiger partial charge is 0.113 e. The summed E-state index contributed by atoms with van der Waals surface area (Å²) in [6.07, 6.45) is 13.4. The average Bonchev–Trinajstić information content (AvgIpc) is 3.14. The van der Waals surface area contributed by atoms with Gasteiger partial charge in [-0.25, -0.2) is 0 Å². The van der Waals surface area contributed by atoms with Crippen LogP contribution in [0.1, 0.15) is 92.4 Å². The zero-order valence-corrected chi connectivity index (χ0v) is 22.7. The first-order valence-corrected chi connectivity index (χ1v) is 13.9. The lowest BCUT2D eigenvalue weighted by molar-refractivity contribution is -0.0958. The highest BCUT2D eigenvalue weighted by Gasteiger charge is 2.49. The quantitative estimate of drug-likeness (QED) is 0.303. The summed E-state index contributed by atoms with van der Waals surface area (Å²) in [7, 11) is 0. The molecule has 0 aliphatic heterocycles. The lowest BCUT2D eigenvalue weighted by atomic mass is 9.62. The summed E-state index contributed by atoms with van der Waals surface area (Å²) in [6, 6.07) is 0. The van der Waals surface area contributed by atoms with Gasteiger partial charge in [0.15, 0.2) is 0 Å². The molecular formula is C30H50O5. The van der Waals surface area contributed by atoms with E-state index in [1.807, 2.05) is 20.8 Å². The van der Waals surface area contributed by atoms with Gasteiger partial charge >= 0.3 is 0 Å². The zero-order chi connectivity index (χ0) is 25.8. The van der Waals surface area contributed by atoms with Crippen LogP contribution in [0.2, 0.25) is 0 Å². The van der Waals surface area contributed by atoms with Crippen molar-refractivity contribution in [2.24, 2.45) is 23.2 Å². The van der Waals surface area contributed by atoms with E-state index in [2.05, 4.69) is 32.1 Å². The molecule has 3 aliphatic carbocycles. The normalized spacial score (nSPS) is 34.9. The largest absolute Gasteiger partial charge is 0.396 e. The van der Waals surface area contributed by atoms with Crippen LogP contribution in [0.3, 0.4) is 0 Å². The number of rotatable bonds is 11. The van der Waals surface area contributed by atoms with E-state index >= 15 is 0 Å². The van der Waals surface area contributed by atoms with Crippen LogP contribution in [-0.4, -0.2) is 57.6 Å². The van der Waals surface area contributed by atoms with E-state index in [9.17, 15) is 15.3 Å². The van der Waals surface area contributed by atoms with Gasteiger partial charge in [0.25, 0.3) is 0 Å². The van der Waals surface area contributed by atoms with Gasteiger partial charge in [-0.1, -0.05) is 44.9 Å². The highest BCUT2D eigenvalue weighted by Crippen LogP contribution is 2.58. The molecule has 4 N–H and O–H groups in total. The second kappa shape index (κ2) is 12.0. The van der Waals surface area contributed by atoms with Crippen LogP contribution in [0.4, 0.5) is 0 Å². The Balaban J connectivity index is 1.66. The van der Waals surface area contributed by atoms with Gasteiger partial charge in [0.1, 0.15) is 12.2 Å². The Morgan fingerprint density at radius 1 is 1.20 bits per heavy atom. The fourth-order valence-corrected chi connectivity index (χ4v) is 7.07. The zero-order valence-electron chi connectivity index (χ0n) is 22.7. The monoisotopic (exact) mass is 490 g/mol. The maximum Gasteiger partial charge on any atom is 0.113 e. The molecule has 0 heterocycles. The Labute approximate surface area is 213 Å². The van der Waals surface area contributed by atoms with E-state index in [1.54, 1.807) is 0 Å². The molecule has 7 atom stereocenters. The molecular weight excluding hydrogens is 440 g/mol. The van der Waals surface area contributed by atoms with Crippen molar-refractivity contribution in [3.05, 3.63) is 34.9 Å². The van der Waals surface area contributed by atoms with Gasteiger partial charge in [-0.2, -0.15) is 0 Å². The molecule has 1 fully saturated rings. The molecule has 5 heteroatoms. The number of aliphatic hydroxyl groups is 4. The summed E-state index contributed by atoms with van der Waals surface area (Å²) >= 11 is 0. The Morgan fingerprint density at radius 2 is 1.94 bits per heavy atom. The summed E-state index contributed by atoms with van der Waals surface area (Å²) in [5.74, 6) is 1.93. The Morgan fingerprint density at radius 3 is 2.63 bits per heavy atom. The van der Waals surface area contributed by atoms with Crippen molar-refractivity contribution in [1.82, 2.24) is 0 Å². The minimum Gasteiger partial charge on any atom is -0.396 e. The van der Waals surface area contributed by atoms with Gasteiger partial charge in [-0.05, 0) is 99.2 Å². The number of hydrogen-bond donors (Lipinski definition) is 4. The predicted molar refractivity (Wildman–Crippen MR) is 141 cm³/mol. The third-order valence-corrected chi connectivity index (χ3v) is 9.17. The SMILES string of the molecule is CC1=C(/C=C\C2=CCC[C@@]3(C)C2CC[C@@H]3[C@H](C)CCCC(C)(C)O)C[C@@H](O)[C@@H](OCCCO)[C@@H]1O. The van der Waals surface area contributed by atoms with Crippen LogP contribution in [0.25, 0.3) is 0 Å². The molecule has 5 nitrogen and oxygen atoms in total. The first-order chi connectivity index (χ1) is 16.5. The molecule has 0 saturated heterocycles. The van der Waals surface area contributed by atoms with Crippen molar-refractivity contribution >= 4 is 0 Å². The lowest BCUT2D eigenvalue weighted by Crippen LogP contribution is -2.44. The van der Waals surface area contributed by atoms with Crippen molar-refractivity contribution in [2.45, 2.75) is 116 Å². The van der Waals surface area contributed by atoms with Crippen molar-refractivity contribution in [3.8, 4) is 0 Å². The molecule has 0 aromatic rings.